The van der Waals surface area contributed by atoms with Gasteiger partial charge >= 0.3 is 13.6 Å². The Bertz CT molecular complexity index is 1920. The summed E-state index contributed by atoms with van der Waals surface area (Å²) in [6.07, 6.45) is 3.41. The number of carboxylic acids is 1. The zero-order valence-electron chi connectivity index (χ0n) is 27.0. The first-order valence-electron chi connectivity index (χ1n) is 15.2. The number of carbonyl (C=O) groups is 1. The van der Waals surface area contributed by atoms with Crippen molar-refractivity contribution < 1.29 is 42.1 Å². The highest BCUT2D eigenvalue weighted by molar-refractivity contribution is 7.57. The van der Waals surface area contributed by atoms with Gasteiger partial charge in [-0.15, -0.1) is 5.10 Å². The van der Waals surface area contributed by atoms with Crippen LogP contribution in [0.5, 0.6) is 17.4 Å². The number of benzene rings is 3. The predicted molar refractivity (Wildman–Crippen MR) is 179 cm³/mol. The minimum absolute atomic E-state index is 0.0973. The van der Waals surface area contributed by atoms with Crippen LogP contribution in [0.4, 0.5) is 0 Å². The molecule has 0 aliphatic rings. The molecular formula is C35H36N3O9P. The second-order valence-electron chi connectivity index (χ2n) is 10.3. The smallest absolute Gasteiger partial charge is 0.354 e. The largest absolute Gasteiger partial charge is 0.493 e. The summed E-state index contributed by atoms with van der Waals surface area (Å²) in [7, 11) is -1.91. The molecule has 250 valence electrons. The number of hydrogen-bond donors (Lipinski definition) is 1. The van der Waals surface area contributed by atoms with Crippen molar-refractivity contribution in [3.63, 3.8) is 0 Å². The van der Waals surface area contributed by atoms with E-state index in [1.54, 1.807) is 69.1 Å². The number of ether oxygens (including phenoxy) is 3. The number of aromatic carboxylic acids is 1. The molecule has 48 heavy (non-hydrogen) atoms. The highest BCUT2D eigenvalue weighted by atomic mass is 31.2. The number of nitrogens with zero attached hydrogens (tertiary/aromatic N) is 3. The van der Waals surface area contributed by atoms with Gasteiger partial charge in [-0.2, -0.15) is 0 Å². The topological polar surface area (TPSA) is 144 Å². The summed E-state index contributed by atoms with van der Waals surface area (Å²) in [5, 5.41) is 13.9. The summed E-state index contributed by atoms with van der Waals surface area (Å²) in [6.45, 7) is 5.99. The van der Waals surface area contributed by atoms with E-state index in [4.69, 9.17) is 27.7 Å². The zero-order valence-corrected chi connectivity index (χ0v) is 27.9. The Hall–Kier alpha value is -5.16. The molecule has 0 bridgehead atoms. The fraction of sp³-hybridized carbons (Fsp3) is 0.229. The van der Waals surface area contributed by atoms with E-state index in [0.29, 0.717) is 45.9 Å². The number of aromatic nitrogens is 3. The monoisotopic (exact) mass is 673 g/mol. The van der Waals surface area contributed by atoms with Gasteiger partial charge in [-0.05, 0) is 74.9 Å². The van der Waals surface area contributed by atoms with Crippen LogP contribution < -0.4 is 14.2 Å². The molecule has 0 aliphatic carbocycles. The van der Waals surface area contributed by atoms with E-state index in [-0.39, 0.29) is 32.0 Å². The molecule has 13 heteroatoms. The molecule has 0 spiro atoms. The van der Waals surface area contributed by atoms with Crippen LogP contribution in [-0.4, -0.2) is 46.2 Å². The van der Waals surface area contributed by atoms with Crippen molar-refractivity contribution in [2.24, 2.45) is 0 Å². The molecule has 0 saturated carbocycles. The maximum absolute atomic E-state index is 13.1. The molecule has 0 saturated heterocycles. The standard InChI is InChI=1S/C35H36N3O9P/c1-5-45-48(41,46-6-2)18-17-28-21-38(29-13-8-7-9-14-29)37-34(28)44-22-25-15-16-31(32(19-25)42-4)43-23-30-24(3)47-33(36-30)26-11-10-12-27(20-26)35(39)40/h7-21H,5-6,22-23H2,1-4H3,(H,39,40). The van der Waals surface area contributed by atoms with Gasteiger partial charge in [0, 0.05) is 17.6 Å². The molecule has 1 N–H and O–H groups in total. The first-order chi connectivity index (χ1) is 23.2. The second kappa shape index (κ2) is 15.6. The van der Waals surface area contributed by atoms with Crippen molar-refractivity contribution in [3.05, 3.63) is 113 Å². The van der Waals surface area contributed by atoms with E-state index >= 15 is 0 Å². The van der Waals surface area contributed by atoms with Crippen molar-refractivity contribution in [3.8, 4) is 34.5 Å². The van der Waals surface area contributed by atoms with Gasteiger partial charge in [0.05, 0.1) is 37.1 Å². The van der Waals surface area contributed by atoms with Crippen molar-refractivity contribution in [1.29, 1.82) is 0 Å². The van der Waals surface area contributed by atoms with E-state index in [0.717, 1.165) is 11.3 Å². The molecule has 12 nitrogen and oxygen atoms in total. The lowest BCUT2D eigenvalue weighted by molar-refractivity contribution is 0.0697. The Balaban J connectivity index is 1.31. The fourth-order valence-electron chi connectivity index (χ4n) is 4.66. The first-order valence-corrected chi connectivity index (χ1v) is 16.8. The molecule has 5 rings (SSSR count). The van der Waals surface area contributed by atoms with Crippen molar-refractivity contribution >= 4 is 19.6 Å². The van der Waals surface area contributed by atoms with Crippen molar-refractivity contribution in [2.75, 3.05) is 20.3 Å². The summed E-state index contributed by atoms with van der Waals surface area (Å²) in [6, 6.07) is 21.4. The normalized spacial score (nSPS) is 11.6. The Morgan fingerprint density at radius 2 is 1.73 bits per heavy atom. The molecule has 0 atom stereocenters. The number of methoxy groups -OCH3 is 1. The molecule has 0 fully saturated rings. The van der Waals surface area contributed by atoms with Crippen LogP contribution in [0.25, 0.3) is 23.2 Å². The third kappa shape index (κ3) is 8.40. The summed E-state index contributed by atoms with van der Waals surface area (Å²) < 4.78 is 49.1. The molecule has 5 aromatic rings. The van der Waals surface area contributed by atoms with Crippen LogP contribution in [0.15, 0.2) is 89.2 Å². The lowest BCUT2D eigenvalue weighted by Gasteiger charge is -2.13. The molecule has 3 aromatic carbocycles. The van der Waals surface area contributed by atoms with Crippen molar-refractivity contribution in [1.82, 2.24) is 14.8 Å². The SMILES string of the molecule is CCOP(=O)(C=Cc1cn(-c2ccccc2)nc1OCc1ccc(OCc2nc(-c3cccc(C(=O)O)c3)oc2C)c(OC)c1)OCC. The van der Waals surface area contributed by atoms with Gasteiger partial charge in [0.25, 0.3) is 0 Å². The fourth-order valence-corrected chi connectivity index (χ4v) is 5.96. The number of rotatable bonds is 16. The average molecular weight is 674 g/mol. The average Bonchev–Trinajstić information content (AvgIpc) is 3.69. The van der Waals surface area contributed by atoms with Gasteiger partial charge < -0.3 is 32.8 Å². The Kier molecular flexibility index (Phi) is 11.1. The predicted octanol–water partition coefficient (Wildman–Crippen LogP) is 7.94. The lowest BCUT2D eigenvalue weighted by atomic mass is 10.1. The summed E-state index contributed by atoms with van der Waals surface area (Å²) in [5.74, 6) is 2.52. The Morgan fingerprint density at radius 1 is 0.958 bits per heavy atom. The molecular weight excluding hydrogens is 637 g/mol. The molecule has 0 unspecified atom stereocenters. The van der Waals surface area contributed by atoms with Crippen LogP contribution in [0.2, 0.25) is 0 Å². The number of para-hydroxylation sites is 1. The third-order valence-electron chi connectivity index (χ3n) is 7.00. The van der Waals surface area contributed by atoms with E-state index in [1.807, 2.05) is 36.4 Å². The minimum atomic E-state index is -3.45. The van der Waals surface area contributed by atoms with Crippen LogP contribution in [-0.2, 0) is 26.8 Å². The van der Waals surface area contributed by atoms with Gasteiger partial charge in [-0.25, -0.2) is 14.5 Å². The van der Waals surface area contributed by atoms with Crippen LogP contribution in [0, 0.1) is 6.92 Å². The highest BCUT2D eigenvalue weighted by Gasteiger charge is 2.21. The quantitative estimate of drug-likeness (QED) is 0.102. The number of carboxylic acid groups (broad SMARTS) is 1. The van der Waals surface area contributed by atoms with E-state index in [9.17, 15) is 14.5 Å². The maximum atomic E-state index is 13.1. The van der Waals surface area contributed by atoms with Gasteiger partial charge in [-0.3, -0.25) is 4.57 Å². The van der Waals surface area contributed by atoms with Crippen molar-refractivity contribution in [2.45, 2.75) is 34.0 Å². The van der Waals surface area contributed by atoms with Gasteiger partial charge in [0.15, 0.2) is 11.5 Å². The van der Waals surface area contributed by atoms with E-state index in [2.05, 4.69) is 10.1 Å². The summed E-state index contributed by atoms with van der Waals surface area (Å²) >= 11 is 0. The maximum Gasteiger partial charge on any atom is 0.354 e. The molecule has 0 aliphatic heterocycles. The van der Waals surface area contributed by atoms with Gasteiger partial charge in [0.2, 0.25) is 11.8 Å². The highest BCUT2D eigenvalue weighted by Crippen LogP contribution is 2.50. The third-order valence-corrected chi connectivity index (χ3v) is 8.75. The van der Waals surface area contributed by atoms with Crippen LogP contribution in [0.3, 0.4) is 0 Å². The summed E-state index contributed by atoms with van der Waals surface area (Å²) in [4.78, 5) is 15.9. The Morgan fingerprint density at radius 3 is 2.44 bits per heavy atom. The summed E-state index contributed by atoms with van der Waals surface area (Å²) in [5.41, 5.74) is 3.45. The van der Waals surface area contributed by atoms with Gasteiger partial charge in [0.1, 0.15) is 24.7 Å². The van der Waals surface area contributed by atoms with Gasteiger partial charge in [-0.1, -0.05) is 30.3 Å². The van der Waals surface area contributed by atoms with E-state index < -0.39 is 13.6 Å². The van der Waals surface area contributed by atoms with Crippen LogP contribution in [0.1, 0.15) is 46.8 Å². The lowest BCUT2D eigenvalue weighted by Crippen LogP contribution is -2.02. The number of hydrogen-bond acceptors (Lipinski definition) is 10. The molecule has 2 heterocycles. The first kappa shape index (κ1) is 34.2. The second-order valence-corrected chi connectivity index (χ2v) is 12.2. The Labute approximate surface area is 278 Å². The zero-order chi connectivity index (χ0) is 34.1. The molecule has 0 radical (unpaired) electrons. The molecule has 2 aromatic heterocycles. The number of aryl methyl sites for hydroxylation is 1. The minimum Gasteiger partial charge on any atom is -0.493 e. The molecule has 0 amide bonds. The van der Waals surface area contributed by atoms with Crippen LogP contribution >= 0.6 is 7.60 Å². The number of oxazole rings is 1. The van der Waals surface area contributed by atoms with E-state index in [1.165, 1.54) is 17.9 Å².